The molecule has 0 aliphatic rings. The molecule has 0 aromatic heterocycles. The van der Waals surface area contributed by atoms with Gasteiger partial charge in [-0.3, -0.25) is 0 Å². The van der Waals surface area contributed by atoms with E-state index in [2.05, 4.69) is 20.4 Å². The van der Waals surface area contributed by atoms with Crippen LogP contribution in [0.2, 0.25) is 6.32 Å². The molecule has 1 aromatic rings. The van der Waals surface area contributed by atoms with Gasteiger partial charge in [-0.25, -0.2) is 0 Å². The Bertz CT molecular complexity index is 679. The topological polar surface area (TPSA) is 79.2 Å². The Morgan fingerprint density at radius 2 is 1.79 bits per heavy atom. The smallest absolute Gasteiger partial charge is 0.119 e. The number of rotatable bonds is 13. The number of allylic oxidation sites excluding steroid dienone is 5. The van der Waals surface area contributed by atoms with Crippen LogP contribution >= 0.6 is 0 Å². The average molecular weight is 400 g/mol. The summed E-state index contributed by atoms with van der Waals surface area (Å²) < 4.78 is 11.0. The van der Waals surface area contributed by atoms with Crippen molar-refractivity contribution in [1.29, 1.82) is 0 Å². The minimum atomic E-state index is -0.891. The predicted molar refractivity (Wildman–Crippen MR) is 117 cm³/mol. The van der Waals surface area contributed by atoms with E-state index in [0.717, 1.165) is 11.1 Å². The summed E-state index contributed by atoms with van der Waals surface area (Å²) in [6.07, 6.45) is 5.02. The van der Waals surface area contributed by atoms with Gasteiger partial charge in [0, 0.05) is 5.41 Å². The van der Waals surface area contributed by atoms with Gasteiger partial charge in [0.2, 0.25) is 0 Å². The molecule has 2 unspecified atom stereocenters. The number of aliphatic hydroxyl groups excluding tert-OH is 3. The molecule has 1 rings (SSSR count). The van der Waals surface area contributed by atoms with Gasteiger partial charge in [0.1, 0.15) is 25.1 Å². The normalized spacial score (nSPS) is 15.0. The van der Waals surface area contributed by atoms with E-state index in [1.54, 1.807) is 6.92 Å². The van der Waals surface area contributed by atoms with E-state index in [0.29, 0.717) is 17.9 Å². The summed E-state index contributed by atoms with van der Waals surface area (Å²) in [7, 11) is 5.39. The third-order valence-electron chi connectivity index (χ3n) is 4.69. The molecular weight excluding hydrogens is 367 g/mol. The Hall–Kier alpha value is -2.02. The highest BCUT2D eigenvalue weighted by molar-refractivity contribution is 6.08. The summed E-state index contributed by atoms with van der Waals surface area (Å²) in [5, 5.41) is 27.8. The van der Waals surface area contributed by atoms with E-state index >= 15 is 0 Å². The Kier molecular flexibility index (Phi) is 10.8. The summed E-state index contributed by atoms with van der Waals surface area (Å²) in [4.78, 5) is 0. The quantitative estimate of drug-likeness (QED) is 0.205. The molecule has 0 amide bonds. The second kappa shape index (κ2) is 12.5. The monoisotopic (exact) mass is 400 g/mol. The molecule has 158 valence electrons. The Labute approximate surface area is 175 Å². The third kappa shape index (κ3) is 8.48. The minimum Gasteiger partial charge on any atom is -0.495 e. The summed E-state index contributed by atoms with van der Waals surface area (Å²) in [5.41, 5.74) is 2.00. The zero-order chi connectivity index (χ0) is 21.9. The SMILES string of the molecule is [B]CC(O)COc1ccc(C(C)(C)/C(=C/C=C(\C)OCC(O)CO)CC=C)cc1. The Balaban J connectivity index is 2.94. The van der Waals surface area contributed by atoms with Crippen LogP contribution in [0.15, 0.2) is 60.4 Å². The van der Waals surface area contributed by atoms with Crippen LogP contribution in [0, 0.1) is 0 Å². The van der Waals surface area contributed by atoms with Gasteiger partial charge >= 0.3 is 0 Å². The van der Waals surface area contributed by atoms with Crippen molar-refractivity contribution >= 4 is 7.85 Å². The van der Waals surface area contributed by atoms with Gasteiger partial charge in [-0.15, -0.1) is 6.58 Å². The van der Waals surface area contributed by atoms with Crippen LogP contribution in [0.25, 0.3) is 0 Å². The van der Waals surface area contributed by atoms with Crippen molar-refractivity contribution in [3.05, 3.63) is 66.0 Å². The fraction of sp³-hybridized carbons (Fsp3) is 0.478. The molecule has 29 heavy (non-hydrogen) atoms. The molecule has 6 heteroatoms. The van der Waals surface area contributed by atoms with E-state index in [-0.39, 0.29) is 31.6 Å². The summed E-state index contributed by atoms with van der Waals surface area (Å²) in [5.74, 6) is 1.33. The lowest BCUT2D eigenvalue weighted by Crippen LogP contribution is -2.20. The van der Waals surface area contributed by atoms with Crippen molar-refractivity contribution < 1.29 is 24.8 Å². The molecule has 5 nitrogen and oxygen atoms in total. The number of benzene rings is 1. The zero-order valence-electron chi connectivity index (χ0n) is 17.7. The van der Waals surface area contributed by atoms with Gasteiger partial charge in [0.05, 0.1) is 26.3 Å². The Morgan fingerprint density at radius 1 is 1.14 bits per heavy atom. The molecule has 2 atom stereocenters. The van der Waals surface area contributed by atoms with Crippen molar-refractivity contribution in [2.45, 2.75) is 51.1 Å². The van der Waals surface area contributed by atoms with Crippen LogP contribution in [0.5, 0.6) is 5.75 Å². The molecule has 0 spiro atoms. The van der Waals surface area contributed by atoms with Crippen LogP contribution in [0.1, 0.15) is 32.8 Å². The average Bonchev–Trinajstić information content (AvgIpc) is 2.73. The van der Waals surface area contributed by atoms with Gasteiger partial charge in [-0.1, -0.05) is 50.0 Å². The fourth-order valence-electron chi connectivity index (χ4n) is 2.65. The lowest BCUT2D eigenvalue weighted by atomic mass is 9.76. The Morgan fingerprint density at radius 3 is 2.34 bits per heavy atom. The van der Waals surface area contributed by atoms with Crippen molar-refractivity contribution in [3.8, 4) is 5.75 Å². The van der Waals surface area contributed by atoms with Gasteiger partial charge in [-0.05, 0) is 37.1 Å². The number of hydrogen-bond donors (Lipinski definition) is 3. The molecule has 0 saturated heterocycles. The summed E-state index contributed by atoms with van der Waals surface area (Å²) in [6, 6.07) is 7.77. The molecule has 0 fully saturated rings. The first-order valence-corrected chi connectivity index (χ1v) is 9.76. The summed E-state index contributed by atoms with van der Waals surface area (Å²) in [6.45, 7) is 9.82. The lowest BCUT2D eigenvalue weighted by molar-refractivity contribution is 0.0306. The van der Waals surface area contributed by atoms with Crippen molar-refractivity contribution in [3.63, 3.8) is 0 Å². The first-order valence-electron chi connectivity index (χ1n) is 9.76. The van der Waals surface area contributed by atoms with E-state index in [4.69, 9.17) is 22.4 Å². The van der Waals surface area contributed by atoms with Gasteiger partial charge in [-0.2, -0.15) is 0 Å². The predicted octanol–water partition coefficient (Wildman–Crippen LogP) is 3.07. The van der Waals surface area contributed by atoms with Gasteiger partial charge < -0.3 is 24.8 Å². The van der Waals surface area contributed by atoms with E-state index < -0.39 is 12.2 Å². The first-order chi connectivity index (χ1) is 13.7. The van der Waals surface area contributed by atoms with E-state index in [9.17, 15) is 10.2 Å². The summed E-state index contributed by atoms with van der Waals surface area (Å²) >= 11 is 0. The van der Waals surface area contributed by atoms with Crippen LogP contribution in [-0.2, 0) is 10.2 Å². The maximum Gasteiger partial charge on any atom is 0.119 e. The van der Waals surface area contributed by atoms with Gasteiger partial charge in [0.15, 0.2) is 0 Å². The molecular formula is C23H33BO5. The maximum absolute atomic E-state index is 9.51. The minimum absolute atomic E-state index is 0.0488. The molecule has 2 radical (unpaired) electrons. The molecule has 0 saturated carbocycles. The maximum atomic E-state index is 9.51. The number of aliphatic hydroxyl groups is 3. The molecule has 0 bridgehead atoms. The third-order valence-corrected chi connectivity index (χ3v) is 4.69. The van der Waals surface area contributed by atoms with Crippen LogP contribution in [0.4, 0.5) is 0 Å². The lowest BCUT2D eigenvalue weighted by Gasteiger charge is -2.29. The zero-order valence-corrected chi connectivity index (χ0v) is 17.7. The number of ether oxygens (including phenoxy) is 2. The van der Waals surface area contributed by atoms with Crippen LogP contribution < -0.4 is 4.74 Å². The van der Waals surface area contributed by atoms with Crippen molar-refractivity contribution in [1.82, 2.24) is 0 Å². The highest BCUT2D eigenvalue weighted by atomic mass is 16.5. The molecule has 0 aliphatic carbocycles. The standard InChI is InChI=1S/C23H33BO5/c1-5-6-18(8-7-17(2)28-16-21(27)14-25)23(3,4)19-9-11-22(12-10-19)29-15-20(26)13-24/h5,7-12,20-21,25-27H,1,6,13-16H2,2-4H3/b17-7+,18-8+. The second-order valence-electron chi connectivity index (χ2n) is 7.46. The second-order valence-corrected chi connectivity index (χ2v) is 7.46. The van der Waals surface area contributed by atoms with Gasteiger partial charge in [0.25, 0.3) is 0 Å². The highest BCUT2D eigenvalue weighted by Gasteiger charge is 2.24. The fourth-order valence-corrected chi connectivity index (χ4v) is 2.65. The van der Waals surface area contributed by atoms with E-state index in [1.807, 2.05) is 42.5 Å². The van der Waals surface area contributed by atoms with E-state index in [1.165, 1.54) is 0 Å². The molecule has 0 aliphatic heterocycles. The first kappa shape index (κ1) is 25.0. The van der Waals surface area contributed by atoms with Crippen molar-refractivity contribution in [2.24, 2.45) is 0 Å². The van der Waals surface area contributed by atoms with Crippen LogP contribution in [-0.4, -0.2) is 55.2 Å². The van der Waals surface area contributed by atoms with Crippen LogP contribution in [0.3, 0.4) is 0 Å². The molecule has 1 aromatic carbocycles. The largest absolute Gasteiger partial charge is 0.495 e. The van der Waals surface area contributed by atoms with Crippen molar-refractivity contribution in [2.75, 3.05) is 19.8 Å². The molecule has 3 N–H and O–H groups in total. The number of hydrogen-bond acceptors (Lipinski definition) is 5. The highest BCUT2D eigenvalue weighted by Crippen LogP contribution is 2.34. The molecule has 0 heterocycles.